The van der Waals surface area contributed by atoms with Crippen molar-refractivity contribution in [2.75, 3.05) is 38.7 Å². The van der Waals surface area contributed by atoms with Crippen molar-refractivity contribution in [1.29, 1.82) is 0 Å². The number of likely N-dealkylation sites (tertiary alicyclic amines) is 1. The van der Waals surface area contributed by atoms with E-state index in [2.05, 4.69) is 48.6 Å². The minimum absolute atomic E-state index is 0.00505. The molecule has 7 heteroatoms. The van der Waals surface area contributed by atoms with Crippen LogP contribution in [0.5, 0.6) is 0 Å². The molecule has 2 amide bonds. The average Bonchev–Trinajstić information content (AvgIpc) is 3.21. The Bertz CT molecular complexity index is 1030. The second-order valence-electron chi connectivity index (χ2n) is 7.89. The summed E-state index contributed by atoms with van der Waals surface area (Å²) in [5, 5.41) is 6.23. The van der Waals surface area contributed by atoms with E-state index in [4.69, 9.17) is 4.74 Å². The maximum atomic E-state index is 13.1. The fourth-order valence-corrected chi connectivity index (χ4v) is 4.49. The van der Waals surface area contributed by atoms with Gasteiger partial charge in [-0.15, -0.1) is 0 Å². The number of methoxy groups -OCH3 is 1. The van der Waals surface area contributed by atoms with Crippen LogP contribution in [0.15, 0.2) is 77.4 Å². The maximum Gasteiger partial charge on any atom is 0.319 e. The first kappa shape index (κ1) is 22.5. The fraction of sp³-hybridized carbons (Fsp3) is 0.280. The number of pyridine rings is 1. The molecule has 0 spiro atoms. The first-order chi connectivity index (χ1) is 15.6. The molecule has 6 nitrogen and oxygen atoms in total. The van der Waals surface area contributed by atoms with Crippen LogP contribution in [-0.2, 0) is 4.74 Å². The maximum absolute atomic E-state index is 13.1. The average molecular weight is 495 g/mol. The molecule has 0 unspecified atom stereocenters. The predicted octanol–water partition coefficient (Wildman–Crippen LogP) is 4.75. The van der Waals surface area contributed by atoms with Crippen LogP contribution in [0.1, 0.15) is 11.5 Å². The molecule has 1 fully saturated rings. The van der Waals surface area contributed by atoms with Gasteiger partial charge in [0.1, 0.15) is 0 Å². The van der Waals surface area contributed by atoms with E-state index in [-0.39, 0.29) is 18.0 Å². The lowest BCUT2D eigenvalue weighted by molar-refractivity contribution is 0.159. The van der Waals surface area contributed by atoms with E-state index in [1.54, 1.807) is 13.3 Å². The van der Waals surface area contributed by atoms with E-state index >= 15 is 0 Å². The summed E-state index contributed by atoms with van der Waals surface area (Å²) in [6, 6.07) is 21.8. The molecule has 2 aromatic carbocycles. The first-order valence-electron chi connectivity index (χ1n) is 10.7. The molecule has 2 heterocycles. The van der Waals surface area contributed by atoms with Gasteiger partial charge in [-0.2, -0.15) is 0 Å². The molecule has 2 N–H and O–H groups in total. The van der Waals surface area contributed by atoms with Gasteiger partial charge >= 0.3 is 6.03 Å². The largest absolute Gasteiger partial charge is 0.383 e. The second-order valence-corrected chi connectivity index (χ2v) is 8.81. The van der Waals surface area contributed by atoms with Gasteiger partial charge in [0.2, 0.25) is 0 Å². The molecule has 2 atom stereocenters. The first-order valence-corrected chi connectivity index (χ1v) is 11.5. The second kappa shape index (κ2) is 10.7. The third-order valence-corrected chi connectivity index (χ3v) is 6.13. The highest BCUT2D eigenvalue weighted by Crippen LogP contribution is 2.30. The van der Waals surface area contributed by atoms with Crippen LogP contribution in [0.4, 0.5) is 10.5 Å². The van der Waals surface area contributed by atoms with Crippen LogP contribution in [-0.4, -0.2) is 55.3 Å². The van der Waals surface area contributed by atoms with Crippen LogP contribution >= 0.6 is 15.9 Å². The molecule has 1 aromatic heterocycles. The molecule has 0 radical (unpaired) electrons. The number of ether oxygens (including phenoxy) is 1. The summed E-state index contributed by atoms with van der Waals surface area (Å²) in [7, 11) is 1.71. The van der Waals surface area contributed by atoms with Crippen LogP contribution in [0.2, 0.25) is 0 Å². The lowest BCUT2D eigenvalue weighted by Crippen LogP contribution is -2.42. The molecule has 3 aromatic rings. The van der Waals surface area contributed by atoms with E-state index in [0.29, 0.717) is 12.3 Å². The smallest absolute Gasteiger partial charge is 0.319 e. The van der Waals surface area contributed by atoms with Crippen molar-refractivity contribution in [3.63, 3.8) is 0 Å². The lowest BCUT2D eigenvalue weighted by atomic mass is 9.94. The number of halogens is 1. The Kier molecular flexibility index (Phi) is 7.52. The Morgan fingerprint density at radius 1 is 1.12 bits per heavy atom. The number of amides is 2. The number of rotatable bonds is 7. The van der Waals surface area contributed by atoms with Crippen molar-refractivity contribution in [2.24, 2.45) is 0 Å². The molecular formula is C25H27BrN4O2. The summed E-state index contributed by atoms with van der Waals surface area (Å²) in [6.45, 7) is 3.17. The van der Waals surface area contributed by atoms with Gasteiger partial charge in [0.25, 0.3) is 0 Å². The van der Waals surface area contributed by atoms with Gasteiger partial charge in [0, 0.05) is 48.9 Å². The number of carbonyl (C=O) groups excluding carboxylic acids is 1. The molecule has 0 aliphatic carbocycles. The number of hydrogen-bond acceptors (Lipinski definition) is 4. The van der Waals surface area contributed by atoms with Crippen LogP contribution < -0.4 is 10.6 Å². The molecule has 1 aliphatic heterocycles. The molecule has 1 saturated heterocycles. The number of nitrogens with zero attached hydrogens (tertiary/aromatic N) is 2. The molecule has 32 heavy (non-hydrogen) atoms. The van der Waals surface area contributed by atoms with Gasteiger partial charge in [-0.1, -0.05) is 60.7 Å². The van der Waals surface area contributed by atoms with Crippen molar-refractivity contribution < 1.29 is 9.53 Å². The van der Waals surface area contributed by atoms with Crippen LogP contribution in [0, 0.1) is 0 Å². The molecule has 0 bridgehead atoms. The van der Waals surface area contributed by atoms with E-state index in [1.807, 2.05) is 54.6 Å². The topological polar surface area (TPSA) is 66.5 Å². The van der Waals surface area contributed by atoms with Crippen molar-refractivity contribution in [3.05, 3.63) is 83.0 Å². The Labute approximate surface area is 197 Å². The van der Waals surface area contributed by atoms with Crippen molar-refractivity contribution in [2.45, 2.75) is 12.0 Å². The molecule has 1 aliphatic rings. The minimum Gasteiger partial charge on any atom is -0.383 e. The fourth-order valence-electron chi connectivity index (χ4n) is 4.16. The molecule has 0 saturated carbocycles. The number of urea groups is 1. The Hall–Kier alpha value is -2.74. The predicted molar refractivity (Wildman–Crippen MR) is 131 cm³/mol. The van der Waals surface area contributed by atoms with Gasteiger partial charge < -0.3 is 15.4 Å². The van der Waals surface area contributed by atoms with Crippen molar-refractivity contribution >= 4 is 27.6 Å². The van der Waals surface area contributed by atoms with Crippen LogP contribution in [0.3, 0.4) is 0 Å². The van der Waals surface area contributed by atoms with E-state index in [1.165, 1.54) is 5.56 Å². The third kappa shape index (κ3) is 5.54. The SMILES string of the molecule is COCCN1C[C@@H](NC(=O)Nc2cc(Br)cnc2-c2ccccc2)[C@H](c2ccccc2)C1. The van der Waals surface area contributed by atoms with Gasteiger partial charge in [0.15, 0.2) is 0 Å². The zero-order valence-electron chi connectivity index (χ0n) is 18.0. The number of carbonyl (C=O) groups is 1. The number of anilines is 1. The highest BCUT2D eigenvalue weighted by Gasteiger charge is 2.34. The zero-order valence-corrected chi connectivity index (χ0v) is 19.6. The number of nitrogens with one attached hydrogen (secondary N) is 2. The number of aromatic nitrogens is 1. The summed E-state index contributed by atoms with van der Waals surface area (Å²) < 4.78 is 6.06. The Balaban J connectivity index is 1.51. The molecule has 166 valence electrons. The van der Waals surface area contributed by atoms with Gasteiger partial charge in [0.05, 0.1) is 24.0 Å². The monoisotopic (exact) mass is 494 g/mol. The molecular weight excluding hydrogens is 468 g/mol. The van der Waals surface area contributed by atoms with Crippen molar-refractivity contribution in [3.8, 4) is 11.3 Å². The van der Waals surface area contributed by atoms with Gasteiger partial charge in [-0.3, -0.25) is 9.88 Å². The number of benzene rings is 2. The summed E-state index contributed by atoms with van der Waals surface area (Å²) in [5.41, 5.74) is 3.57. The standard InChI is InChI=1S/C25H27BrN4O2/c1-32-13-12-30-16-21(18-8-4-2-5-9-18)23(17-30)29-25(31)28-22-14-20(26)15-27-24(22)19-10-6-3-7-11-19/h2-11,14-15,21,23H,12-13,16-17H2,1H3,(H2,28,29,31)/t21-,23+/m0/s1. The zero-order chi connectivity index (χ0) is 22.3. The number of hydrogen-bond donors (Lipinski definition) is 2. The third-order valence-electron chi connectivity index (χ3n) is 5.70. The normalized spacial score (nSPS) is 18.4. The minimum atomic E-state index is -0.235. The van der Waals surface area contributed by atoms with Crippen LogP contribution in [0.25, 0.3) is 11.3 Å². The van der Waals surface area contributed by atoms with Gasteiger partial charge in [-0.25, -0.2) is 4.79 Å². The van der Waals surface area contributed by atoms with Crippen molar-refractivity contribution in [1.82, 2.24) is 15.2 Å². The summed E-state index contributed by atoms with van der Waals surface area (Å²) in [5.74, 6) is 0.216. The summed E-state index contributed by atoms with van der Waals surface area (Å²) in [4.78, 5) is 19.9. The Morgan fingerprint density at radius 3 is 2.56 bits per heavy atom. The summed E-state index contributed by atoms with van der Waals surface area (Å²) >= 11 is 3.47. The highest BCUT2D eigenvalue weighted by atomic mass is 79.9. The summed E-state index contributed by atoms with van der Waals surface area (Å²) in [6.07, 6.45) is 1.74. The molecule has 4 rings (SSSR count). The van der Waals surface area contributed by atoms with E-state index in [9.17, 15) is 4.79 Å². The Morgan fingerprint density at radius 2 is 1.84 bits per heavy atom. The van der Waals surface area contributed by atoms with Gasteiger partial charge in [-0.05, 0) is 27.6 Å². The highest BCUT2D eigenvalue weighted by molar-refractivity contribution is 9.10. The lowest BCUT2D eigenvalue weighted by Gasteiger charge is -2.21. The van der Waals surface area contributed by atoms with E-state index in [0.717, 1.165) is 35.4 Å². The van der Waals surface area contributed by atoms with E-state index < -0.39 is 0 Å². The quantitative estimate of drug-likeness (QED) is 0.497.